The fourth-order valence-electron chi connectivity index (χ4n) is 1.68. The van der Waals surface area contributed by atoms with Crippen molar-refractivity contribution in [1.29, 1.82) is 0 Å². The van der Waals surface area contributed by atoms with Gasteiger partial charge in [-0.25, -0.2) is 9.37 Å². The number of amides is 1. The van der Waals surface area contributed by atoms with Gasteiger partial charge >= 0.3 is 0 Å². The van der Waals surface area contributed by atoms with E-state index in [4.69, 9.17) is 0 Å². The second kappa shape index (κ2) is 6.83. The van der Waals surface area contributed by atoms with Gasteiger partial charge in [0.2, 0.25) is 0 Å². The molecule has 0 spiro atoms. The van der Waals surface area contributed by atoms with Crippen molar-refractivity contribution in [3.8, 4) is 0 Å². The lowest BCUT2D eigenvalue weighted by Crippen LogP contribution is -2.13. The minimum absolute atomic E-state index is 0.314. The quantitative estimate of drug-likeness (QED) is 0.884. The summed E-state index contributed by atoms with van der Waals surface area (Å²) in [6, 6.07) is 8.95. The van der Waals surface area contributed by atoms with Gasteiger partial charge in [-0.05, 0) is 42.3 Å². The molecule has 5 heteroatoms. The van der Waals surface area contributed by atoms with Crippen molar-refractivity contribution in [2.24, 2.45) is 5.92 Å². The average molecular weight is 287 g/mol. The molecule has 2 rings (SSSR count). The summed E-state index contributed by atoms with van der Waals surface area (Å²) in [5, 5.41) is 5.92. The maximum Gasteiger partial charge on any atom is 0.256 e. The lowest BCUT2D eigenvalue weighted by molar-refractivity contribution is 0.102. The summed E-state index contributed by atoms with van der Waals surface area (Å²) in [5.74, 6) is 0.318. The molecule has 0 aliphatic heterocycles. The molecule has 0 fully saturated rings. The van der Waals surface area contributed by atoms with Gasteiger partial charge < -0.3 is 10.6 Å². The monoisotopic (exact) mass is 287 g/mol. The Morgan fingerprint density at radius 1 is 1.19 bits per heavy atom. The van der Waals surface area contributed by atoms with Crippen LogP contribution in [0.1, 0.15) is 24.2 Å². The van der Waals surface area contributed by atoms with Crippen LogP contribution < -0.4 is 10.6 Å². The highest BCUT2D eigenvalue weighted by molar-refractivity contribution is 6.03. The summed E-state index contributed by atoms with van der Waals surface area (Å²) < 4.78 is 12.8. The first kappa shape index (κ1) is 15.0. The number of hydrogen-bond donors (Lipinski definition) is 2. The normalized spacial score (nSPS) is 10.5. The number of carbonyl (C=O) groups excluding carboxylic acids is 1. The lowest BCUT2D eigenvalue weighted by Gasteiger charge is -2.09. The predicted molar refractivity (Wildman–Crippen MR) is 81.9 cm³/mol. The van der Waals surface area contributed by atoms with E-state index in [9.17, 15) is 9.18 Å². The van der Waals surface area contributed by atoms with E-state index < -0.39 is 0 Å². The topological polar surface area (TPSA) is 54.0 Å². The number of pyridine rings is 1. The van der Waals surface area contributed by atoms with Crippen LogP contribution in [-0.4, -0.2) is 17.4 Å². The Bertz CT molecular complexity index is 594. The summed E-state index contributed by atoms with van der Waals surface area (Å²) in [4.78, 5) is 16.1. The van der Waals surface area contributed by atoms with Crippen LogP contribution in [0.15, 0.2) is 42.6 Å². The van der Waals surface area contributed by atoms with Crippen LogP contribution in [0.3, 0.4) is 0 Å². The standard InChI is InChI=1S/C16H18FN3O/c1-11(2)9-18-14-7-8-15(19-10-14)20-16(21)12-3-5-13(17)6-4-12/h3-8,10-11,18H,9H2,1-2H3,(H,19,20,21). The maximum absolute atomic E-state index is 12.8. The van der Waals surface area contributed by atoms with Gasteiger partial charge in [-0.15, -0.1) is 0 Å². The molecule has 21 heavy (non-hydrogen) atoms. The van der Waals surface area contributed by atoms with Crippen molar-refractivity contribution in [2.45, 2.75) is 13.8 Å². The van der Waals surface area contributed by atoms with Gasteiger partial charge in [0.1, 0.15) is 11.6 Å². The number of rotatable bonds is 5. The van der Waals surface area contributed by atoms with Gasteiger partial charge in [0.15, 0.2) is 0 Å². The van der Waals surface area contributed by atoms with Crippen LogP contribution >= 0.6 is 0 Å². The van der Waals surface area contributed by atoms with E-state index in [1.165, 1.54) is 24.3 Å². The van der Waals surface area contributed by atoms with E-state index in [0.29, 0.717) is 17.3 Å². The molecule has 1 amide bonds. The highest BCUT2D eigenvalue weighted by atomic mass is 19.1. The number of anilines is 2. The third-order valence-corrected chi connectivity index (χ3v) is 2.83. The molecule has 0 aliphatic carbocycles. The molecule has 1 heterocycles. The Labute approximate surface area is 123 Å². The zero-order valence-electron chi connectivity index (χ0n) is 12.1. The van der Waals surface area contributed by atoms with E-state index in [2.05, 4.69) is 29.5 Å². The fourth-order valence-corrected chi connectivity index (χ4v) is 1.68. The molecule has 0 unspecified atom stereocenters. The van der Waals surface area contributed by atoms with Crippen molar-refractivity contribution in [3.05, 3.63) is 54.0 Å². The van der Waals surface area contributed by atoms with Crippen molar-refractivity contribution < 1.29 is 9.18 Å². The van der Waals surface area contributed by atoms with Crippen LogP contribution in [-0.2, 0) is 0 Å². The number of halogens is 1. The molecule has 0 bridgehead atoms. The smallest absolute Gasteiger partial charge is 0.256 e. The number of nitrogens with zero attached hydrogens (tertiary/aromatic N) is 1. The largest absolute Gasteiger partial charge is 0.384 e. The molecule has 0 aliphatic rings. The molecule has 0 saturated carbocycles. The highest BCUT2D eigenvalue weighted by Crippen LogP contribution is 2.12. The molecule has 0 saturated heterocycles. The Morgan fingerprint density at radius 2 is 1.90 bits per heavy atom. The van der Waals surface area contributed by atoms with Crippen LogP contribution in [0.2, 0.25) is 0 Å². The lowest BCUT2D eigenvalue weighted by atomic mass is 10.2. The molecular formula is C16H18FN3O. The van der Waals surface area contributed by atoms with Gasteiger partial charge in [0.25, 0.3) is 5.91 Å². The van der Waals surface area contributed by atoms with Gasteiger partial charge in [0.05, 0.1) is 11.9 Å². The number of nitrogens with one attached hydrogen (secondary N) is 2. The van der Waals surface area contributed by atoms with Gasteiger partial charge in [-0.2, -0.15) is 0 Å². The Balaban J connectivity index is 1.96. The number of hydrogen-bond acceptors (Lipinski definition) is 3. The summed E-state index contributed by atoms with van der Waals surface area (Å²) in [5.41, 5.74) is 1.30. The van der Waals surface area contributed by atoms with E-state index >= 15 is 0 Å². The fraction of sp³-hybridized carbons (Fsp3) is 0.250. The molecule has 0 radical (unpaired) electrons. The maximum atomic E-state index is 12.8. The Kier molecular flexibility index (Phi) is 4.87. The SMILES string of the molecule is CC(C)CNc1ccc(NC(=O)c2ccc(F)cc2)nc1. The average Bonchev–Trinajstić information content (AvgIpc) is 2.47. The molecule has 110 valence electrons. The second-order valence-corrected chi connectivity index (χ2v) is 5.17. The first-order valence-electron chi connectivity index (χ1n) is 6.81. The van der Waals surface area contributed by atoms with Gasteiger partial charge in [0, 0.05) is 12.1 Å². The zero-order chi connectivity index (χ0) is 15.2. The molecule has 1 aromatic carbocycles. The Morgan fingerprint density at radius 3 is 2.48 bits per heavy atom. The number of aromatic nitrogens is 1. The van der Waals surface area contributed by atoms with Crippen LogP contribution in [0.5, 0.6) is 0 Å². The van der Waals surface area contributed by atoms with Crippen molar-refractivity contribution in [2.75, 3.05) is 17.2 Å². The first-order chi connectivity index (χ1) is 10.0. The number of benzene rings is 1. The molecule has 0 atom stereocenters. The van der Waals surface area contributed by atoms with Crippen LogP contribution in [0.4, 0.5) is 15.9 Å². The van der Waals surface area contributed by atoms with Gasteiger partial charge in [-0.1, -0.05) is 13.8 Å². The molecule has 1 aromatic heterocycles. The van der Waals surface area contributed by atoms with E-state index in [0.717, 1.165) is 12.2 Å². The first-order valence-corrected chi connectivity index (χ1v) is 6.81. The molecular weight excluding hydrogens is 269 g/mol. The molecule has 2 aromatic rings. The van der Waals surface area contributed by atoms with Crippen LogP contribution in [0, 0.1) is 11.7 Å². The van der Waals surface area contributed by atoms with Crippen molar-refractivity contribution in [3.63, 3.8) is 0 Å². The third kappa shape index (κ3) is 4.56. The van der Waals surface area contributed by atoms with E-state index in [1.807, 2.05) is 6.07 Å². The van der Waals surface area contributed by atoms with Crippen LogP contribution in [0.25, 0.3) is 0 Å². The van der Waals surface area contributed by atoms with Crippen molar-refractivity contribution in [1.82, 2.24) is 4.98 Å². The highest BCUT2D eigenvalue weighted by Gasteiger charge is 2.06. The minimum Gasteiger partial charge on any atom is -0.384 e. The minimum atomic E-state index is -0.370. The van der Waals surface area contributed by atoms with E-state index in [1.54, 1.807) is 12.3 Å². The predicted octanol–water partition coefficient (Wildman–Crippen LogP) is 3.54. The Hall–Kier alpha value is -2.43. The molecule has 2 N–H and O–H groups in total. The summed E-state index contributed by atoms with van der Waals surface area (Å²) in [6.45, 7) is 5.11. The molecule has 4 nitrogen and oxygen atoms in total. The summed E-state index contributed by atoms with van der Waals surface area (Å²) in [7, 11) is 0. The summed E-state index contributed by atoms with van der Waals surface area (Å²) in [6.07, 6.45) is 1.67. The summed E-state index contributed by atoms with van der Waals surface area (Å²) >= 11 is 0. The van der Waals surface area contributed by atoms with E-state index in [-0.39, 0.29) is 11.7 Å². The zero-order valence-corrected chi connectivity index (χ0v) is 12.1. The number of carbonyl (C=O) groups is 1. The van der Waals surface area contributed by atoms with Crippen molar-refractivity contribution >= 4 is 17.4 Å². The second-order valence-electron chi connectivity index (χ2n) is 5.17. The third-order valence-electron chi connectivity index (χ3n) is 2.83. The van der Waals surface area contributed by atoms with Gasteiger partial charge in [-0.3, -0.25) is 4.79 Å².